The third-order valence-corrected chi connectivity index (χ3v) is 3.92. The molecule has 3 aromatic rings. The van der Waals surface area contributed by atoms with E-state index in [0.717, 1.165) is 27.3 Å². The largest absolute Gasteiger partial charge is 0.344 e. The Labute approximate surface area is 120 Å². The number of nitrogens with zero attached hydrogens (tertiary/aromatic N) is 2. The zero-order chi connectivity index (χ0) is 14.1. The maximum atomic E-state index is 11.7. The number of nitrogens with one attached hydrogen (secondary N) is 1. The van der Waals surface area contributed by atoms with Gasteiger partial charge in [0.25, 0.3) is 0 Å². The fraction of sp³-hybridized carbons (Fsp3) is 0.133. The van der Waals surface area contributed by atoms with Crippen LogP contribution in [-0.2, 0) is 0 Å². The van der Waals surface area contributed by atoms with Crippen molar-refractivity contribution < 1.29 is 4.79 Å². The van der Waals surface area contributed by atoms with Crippen molar-refractivity contribution in [2.24, 2.45) is 0 Å². The van der Waals surface area contributed by atoms with Crippen LogP contribution in [0.4, 0.5) is 10.7 Å². The predicted octanol–water partition coefficient (Wildman–Crippen LogP) is 3.95. The van der Waals surface area contributed by atoms with E-state index in [1.165, 1.54) is 11.5 Å². The van der Waals surface area contributed by atoms with Crippen LogP contribution in [0.1, 0.15) is 23.0 Å². The van der Waals surface area contributed by atoms with E-state index in [-0.39, 0.29) is 5.78 Å². The van der Waals surface area contributed by atoms with Gasteiger partial charge in [0.2, 0.25) is 0 Å². The van der Waals surface area contributed by atoms with E-state index in [0.29, 0.717) is 5.56 Å². The van der Waals surface area contributed by atoms with E-state index in [9.17, 15) is 4.79 Å². The quantitative estimate of drug-likeness (QED) is 0.740. The van der Waals surface area contributed by atoms with Gasteiger partial charge in [-0.15, -0.1) is 0 Å². The first-order chi connectivity index (χ1) is 9.65. The lowest BCUT2D eigenvalue weighted by molar-refractivity contribution is 0.101. The minimum absolute atomic E-state index is 0.0208. The van der Waals surface area contributed by atoms with E-state index >= 15 is 0 Å². The van der Waals surface area contributed by atoms with Crippen LogP contribution in [0.2, 0.25) is 0 Å². The van der Waals surface area contributed by atoms with Gasteiger partial charge in [0, 0.05) is 5.39 Å². The van der Waals surface area contributed by atoms with Crippen LogP contribution in [0.3, 0.4) is 0 Å². The Balaban J connectivity index is 1.99. The van der Waals surface area contributed by atoms with Crippen LogP contribution >= 0.6 is 11.5 Å². The predicted molar refractivity (Wildman–Crippen MR) is 81.9 cm³/mol. The van der Waals surface area contributed by atoms with Gasteiger partial charge >= 0.3 is 0 Å². The van der Waals surface area contributed by atoms with Gasteiger partial charge in [-0.05, 0) is 37.5 Å². The number of aryl methyl sites for hydroxylation is 1. The van der Waals surface area contributed by atoms with Gasteiger partial charge in [0.1, 0.15) is 5.00 Å². The monoisotopic (exact) mass is 283 g/mol. The number of ketones is 1. The second-order valence-electron chi connectivity index (χ2n) is 4.57. The number of hydrogen-bond donors (Lipinski definition) is 1. The average Bonchev–Trinajstić information content (AvgIpc) is 2.79. The van der Waals surface area contributed by atoms with Gasteiger partial charge < -0.3 is 5.32 Å². The van der Waals surface area contributed by atoms with E-state index in [1.54, 1.807) is 13.1 Å². The van der Waals surface area contributed by atoms with Gasteiger partial charge in [-0.25, -0.2) is 0 Å². The zero-order valence-electron chi connectivity index (χ0n) is 11.2. The topological polar surface area (TPSA) is 54.9 Å². The van der Waals surface area contributed by atoms with Crippen LogP contribution in [0.15, 0.2) is 36.5 Å². The molecule has 0 aliphatic carbocycles. The number of Topliss-reactive ketones (excluding diaryl/α,β-unsaturated/α-hetero) is 1. The average molecular weight is 283 g/mol. The summed E-state index contributed by atoms with van der Waals surface area (Å²) in [7, 11) is 0. The molecule has 2 aromatic heterocycles. The molecule has 0 amide bonds. The minimum Gasteiger partial charge on any atom is -0.344 e. The minimum atomic E-state index is 0.0208. The standard InChI is InChI=1S/C15H13N3OS/c1-9-14(10(2)19)15(20-18-9)17-12-7-11-5-3-4-6-13(11)16-8-12/h3-8,17H,1-2H3. The fourth-order valence-corrected chi connectivity index (χ4v) is 3.01. The summed E-state index contributed by atoms with van der Waals surface area (Å²) in [4.78, 5) is 16.1. The van der Waals surface area contributed by atoms with Crippen molar-refractivity contribution in [3.05, 3.63) is 47.8 Å². The number of hydrogen-bond acceptors (Lipinski definition) is 5. The van der Waals surface area contributed by atoms with Gasteiger partial charge in [0.15, 0.2) is 5.78 Å². The van der Waals surface area contributed by atoms with Crippen molar-refractivity contribution in [3.8, 4) is 0 Å². The molecule has 0 aliphatic rings. The molecule has 0 aliphatic heterocycles. The lowest BCUT2D eigenvalue weighted by Gasteiger charge is -2.06. The Morgan fingerprint density at radius 2 is 2.10 bits per heavy atom. The van der Waals surface area contributed by atoms with E-state index in [1.807, 2.05) is 37.3 Å². The molecule has 2 heterocycles. The number of fused-ring (bicyclic) bond motifs is 1. The summed E-state index contributed by atoms with van der Waals surface area (Å²) in [6.45, 7) is 3.40. The number of anilines is 2. The van der Waals surface area contributed by atoms with Gasteiger partial charge in [0.05, 0.1) is 28.7 Å². The van der Waals surface area contributed by atoms with Crippen molar-refractivity contribution in [1.29, 1.82) is 0 Å². The maximum Gasteiger partial charge on any atom is 0.164 e. The third-order valence-electron chi connectivity index (χ3n) is 3.06. The van der Waals surface area contributed by atoms with Gasteiger partial charge in [-0.2, -0.15) is 4.37 Å². The second-order valence-corrected chi connectivity index (χ2v) is 5.34. The molecule has 20 heavy (non-hydrogen) atoms. The molecule has 0 unspecified atom stereocenters. The molecule has 0 atom stereocenters. The molecule has 0 radical (unpaired) electrons. The van der Waals surface area contributed by atoms with E-state index < -0.39 is 0 Å². The summed E-state index contributed by atoms with van der Waals surface area (Å²) >= 11 is 1.30. The van der Waals surface area contributed by atoms with Crippen molar-refractivity contribution in [2.75, 3.05) is 5.32 Å². The number of para-hydroxylation sites is 1. The van der Waals surface area contributed by atoms with Gasteiger partial charge in [-0.3, -0.25) is 9.78 Å². The SMILES string of the molecule is CC(=O)c1c(C)nsc1Nc1cnc2ccccc2c1. The third kappa shape index (κ3) is 2.28. The first kappa shape index (κ1) is 12.7. The molecule has 3 rings (SSSR count). The molecule has 0 fully saturated rings. The first-order valence-corrected chi connectivity index (χ1v) is 7.01. The molecule has 1 aromatic carbocycles. The lowest BCUT2D eigenvalue weighted by Crippen LogP contribution is -1.99. The number of carbonyl (C=O) groups is 1. The zero-order valence-corrected chi connectivity index (χ0v) is 12.0. The maximum absolute atomic E-state index is 11.7. The molecule has 0 saturated heterocycles. The Hall–Kier alpha value is -2.27. The first-order valence-electron chi connectivity index (χ1n) is 6.24. The van der Waals surface area contributed by atoms with Crippen LogP contribution in [0.25, 0.3) is 10.9 Å². The molecular weight excluding hydrogens is 270 g/mol. The number of benzene rings is 1. The van der Waals surface area contributed by atoms with Crippen molar-refractivity contribution in [2.45, 2.75) is 13.8 Å². The summed E-state index contributed by atoms with van der Waals surface area (Å²) in [6.07, 6.45) is 1.77. The highest BCUT2D eigenvalue weighted by atomic mass is 32.1. The smallest absolute Gasteiger partial charge is 0.164 e. The molecule has 0 bridgehead atoms. The summed E-state index contributed by atoms with van der Waals surface area (Å²) in [5, 5.41) is 5.07. The highest BCUT2D eigenvalue weighted by Crippen LogP contribution is 2.29. The highest BCUT2D eigenvalue weighted by molar-refractivity contribution is 7.10. The lowest BCUT2D eigenvalue weighted by atomic mass is 10.2. The van der Waals surface area contributed by atoms with E-state index in [2.05, 4.69) is 14.7 Å². The van der Waals surface area contributed by atoms with E-state index in [4.69, 9.17) is 0 Å². The molecule has 4 nitrogen and oxygen atoms in total. The van der Waals surface area contributed by atoms with Crippen LogP contribution in [0, 0.1) is 6.92 Å². The second kappa shape index (κ2) is 5.02. The Morgan fingerprint density at radius 1 is 1.30 bits per heavy atom. The van der Waals surface area contributed by atoms with Gasteiger partial charge in [-0.1, -0.05) is 18.2 Å². The normalized spacial score (nSPS) is 10.7. The molecule has 1 N–H and O–H groups in total. The van der Waals surface area contributed by atoms with Crippen molar-refractivity contribution in [1.82, 2.24) is 9.36 Å². The summed E-state index contributed by atoms with van der Waals surface area (Å²) in [6, 6.07) is 9.93. The summed E-state index contributed by atoms with van der Waals surface area (Å²) in [5.41, 5.74) is 3.22. The number of aromatic nitrogens is 2. The number of rotatable bonds is 3. The summed E-state index contributed by atoms with van der Waals surface area (Å²) in [5.74, 6) is 0.0208. The highest BCUT2D eigenvalue weighted by Gasteiger charge is 2.15. The van der Waals surface area contributed by atoms with Crippen LogP contribution in [0.5, 0.6) is 0 Å². The Bertz CT molecular complexity index is 795. The number of carbonyl (C=O) groups excluding carboxylic acids is 1. The Kier molecular flexibility index (Phi) is 3.20. The fourth-order valence-electron chi connectivity index (χ4n) is 2.14. The van der Waals surface area contributed by atoms with Crippen molar-refractivity contribution in [3.63, 3.8) is 0 Å². The number of pyridine rings is 1. The molecule has 0 spiro atoms. The molecule has 0 saturated carbocycles. The molecule has 5 heteroatoms. The molecule has 100 valence electrons. The molecular formula is C15H13N3OS. The Morgan fingerprint density at radius 3 is 2.90 bits per heavy atom. The van der Waals surface area contributed by atoms with Crippen molar-refractivity contribution >= 4 is 38.9 Å². The van der Waals surface area contributed by atoms with Crippen LogP contribution < -0.4 is 5.32 Å². The summed E-state index contributed by atoms with van der Waals surface area (Å²) < 4.78 is 4.23. The van der Waals surface area contributed by atoms with Crippen LogP contribution in [-0.4, -0.2) is 15.1 Å².